The zero-order chi connectivity index (χ0) is 19.2. The first-order valence-electron chi connectivity index (χ1n) is 9.54. The van der Waals surface area contributed by atoms with Crippen molar-refractivity contribution in [3.63, 3.8) is 0 Å². The Balaban J connectivity index is 1.56. The van der Waals surface area contributed by atoms with E-state index in [1.165, 1.54) is 16.8 Å². The average Bonchev–Trinajstić information content (AvgIpc) is 3.09. The van der Waals surface area contributed by atoms with Crippen LogP contribution in [0.4, 0.5) is 8.78 Å². The maximum Gasteiger partial charge on any atom is 0.219 e. The van der Waals surface area contributed by atoms with Gasteiger partial charge in [-0.3, -0.25) is 9.69 Å². The third-order valence-electron chi connectivity index (χ3n) is 4.85. The van der Waals surface area contributed by atoms with E-state index in [-0.39, 0.29) is 11.6 Å². The zero-order valence-electron chi connectivity index (χ0n) is 15.6. The molecule has 3 rings (SSSR count). The third-order valence-corrected chi connectivity index (χ3v) is 4.85. The van der Waals surface area contributed by atoms with Crippen molar-refractivity contribution < 1.29 is 13.6 Å². The van der Waals surface area contributed by atoms with Crippen LogP contribution in [0.5, 0.6) is 0 Å². The Morgan fingerprint density at radius 3 is 2.96 bits per heavy atom. The lowest BCUT2D eigenvalue weighted by molar-refractivity contribution is -0.121. The minimum Gasteiger partial charge on any atom is -0.356 e. The highest BCUT2D eigenvalue weighted by Gasteiger charge is 2.21. The van der Waals surface area contributed by atoms with E-state index in [9.17, 15) is 13.6 Å². The summed E-state index contributed by atoms with van der Waals surface area (Å²) >= 11 is 0. The Kier molecular flexibility index (Phi) is 6.55. The van der Waals surface area contributed by atoms with Crippen LogP contribution in [-0.4, -0.2) is 40.2 Å². The maximum absolute atomic E-state index is 13.9. The normalized spacial score (nSPS) is 17.8. The molecular weight excluding hydrogens is 350 g/mol. The predicted octanol–water partition coefficient (Wildman–Crippen LogP) is 3.28. The lowest BCUT2D eigenvalue weighted by atomic mass is 9.98. The standard InChI is InChI=1S/C20H26F2N4O/c1-2-4-20(27)23-12-15-5-3-9-25(13-15)14-17-8-10-26(24-17)19-7-6-16(21)11-18(19)22/h6-8,10-11,15H,2-5,9,12-14H2,1H3,(H,23,27)/t15-/m0/s1. The summed E-state index contributed by atoms with van der Waals surface area (Å²) in [6.45, 7) is 5.28. The van der Waals surface area contributed by atoms with Crippen molar-refractivity contribution in [2.45, 2.75) is 39.2 Å². The molecule has 1 aliphatic heterocycles. The highest BCUT2D eigenvalue weighted by atomic mass is 19.1. The number of aromatic nitrogens is 2. The molecule has 27 heavy (non-hydrogen) atoms. The Labute approximate surface area is 158 Å². The van der Waals surface area contributed by atoms with Crippen molar-refractivity contribution in [1.29, 1.82) is 0 Å². The highest BCUT2D eigenvalue weighted by Crippen LogP contribution is 2.19. The number of nitrogens with one attached hydrogen (secondary N) is 1. The third kappa shape index (κ3) is 5.35. The van der Waals surface area contributed by atoms with Gasteiger partial charge in [0.15, 0.2) is 5.82 Å². The largest absolute Gasteiger partial charge is 0.356 e. The number of amides is 1. The molecule has 1 atom stereocenters. The van der Waals surface area contributed by atoms with E-state index in [4.69, 9.17) is 0 Å². The van der Waals surface area contributed by atoms with Gasteiger partial charge in [0.25, 0.3) is 0 Å². The van der Waals surface area contributed by atoms with E-state index in [1.54, 1.807) is 6.20 Å². The summed E-state index contributed by atoms with van der Waals surface area (Å²) in [5, 5.41) is 7.45. The molecule has 0 spiro atoms. The molecule has 0 bridgehead atoms. The van der Waals surface area contributed by atoms with Gasteiger partial charge >= 0.3 is 0 Å². The molecule has 0 saturated carbocycles. The molecule has 7 heteroatoms. The van der Waals surface area contributed by atoms with Crippen LogP contribution in [0.25, 0.3) is 5.69 Å². The van der Waals surface area contributed by atoms with E-state index in [0.29, 0.717) is 25.4 Å². The Bertz CT molecular complexity index is 777. The number of nitrogens with zero attached hydrogens (tertiary/aromatic N) is 3. The predicted molar refractivity (Wildman–Crippen MR) is 99.4 cm³/mol. The van der Waals surface area contributed by atoms with Gasteiger partial charge in [0, 0.05) is 38.3 Å². The van der Waals surface area contributed by atoms with Crippen LogP contribution >= 0.6 is 0 Å². The van der Waals surface area contributed by atoms with Gasteiger partial charge in [-0.2, -0.15) is 5.10 Å². The van der Waals surface area contributed by atoms with E-state index in [1.807, 2.05) is 13.0 Å². The second-order valence-electron chi connectivity index (χ2n) is 7.14. The average molecular weight is 376 g/mol. The van der Waals surface area contributed by atoms with Crippen molar-refractivity contribution >= 4 is 5.91 Å². The molecule has 0 radical (unpaired) electrons. The van der Waals surface area contributed by atoms with Crippen molar-refractivity contribution in [2.75, 3.05) is 19.6 Å². The molecule has 5 nitrogen and oxygen atoms in total. The second-order valence-corrected chi connectivity index (χ2v) is 7.14. The minimum absolute atomic E-state index is 0.120. The summed E-state index contributed by atoms with van der Waals surface area (Å²) < 4.78 is 28.4. The first-order valence-corrected chi connectivity index (χ1v) is 9.54. The fraction of sp³-hybridized carbons (Fsp3) is 0.500. The SMILES string of the molecule is CCCC(=O)NC[C@@H]1CCCN(Cc2ccn(-c3ccc(F)cc3F)n2)C1. The summed E-state index contributed by atoms with van der Waals surface area (Å²) in [6.07, 6.45) is 5.32. The van der Waals surface area contributed by atoms with Gasteiger partial charge in [0.05, 0.1) is 5.69 Å². The lowest BCUT2D eigenvalue weighted by Gasteiger charge is -2.32. The number of benzene rings is 1. The van der Waals surface area contributed by atoms with Crippen molar-refractivity contribution in [3.8, 4) is 5.69 Å². The van der Waals surface area contributed by atoms with Crippen molar-refractivity contribution in [1.82, 2.24) is 20.0 Å². The molecule has 1 aliphatic rings. The number of likely N-dealkylation sites (tertiary alicyclic amines) is 1. The molecule has 1 aromatic heterocycles. The fourth-order valence-corrected chi connectivity index (χ4v) is 3.51. The summed E-state index contributed by atoms with van der Waals surface area (Å²) in [6, 6.07) is 5.33. The number of halogens is 2. The molecule has 0 unspecified atom stereocenters. The zero-order valence-corrected chi connectivity index (χ0v) is 15.6. The number of carbonyl (C=O) groups excluding carboxylic acids is 1. The van der Waals surface area contributed by atoms with Gasteiger partial charge in [-0.25, -0.2) is 13.5 Å². The topological polar surface area (TPSA) is 50.2 Å². The molecule has 1 fully saturated rings. The molecule has 1 aromatic carbocycles. The van der Waals surface area contributed by atoms with Gasteiger partial charge in [0.1, 0.15) is 11.5 Å². The molecule has 1 saturated heterocycles. The lowest BCUT2D eigenvalue weighted by Crippen LogP contribution is -2.40. The van der Waals surface area contributed by atoms with Crippen LogP contribution < -0.4 is 5.32 Å². The van der Waals surface area contributed by atoms with Gasteiger partial charge in [0.2, 0.25) is 5.91 Å². The summed E-state index contributed by atoms with van der Waals surface area (Å²) in [5.41, 5.74) is 1.08. The second kappa shape index (κ2) is 9.08. The maximum atomic E-state index is 13.9. The van der Waals surface area contributed by atoms with E-state index in [2.05, 4.69) is 15.3 Å². The Hall–Kier alpha value is -2.28. The van der Waals surface area contributed by atoms with Crippen LogP contribution in [0, 0.1) is 17.6 Å². The summed E-state index contributed by atoms with van der Waals surface area (Å²) in [7, 11) is 0. The fourth-order valence-electron chi connectivity index (χ4n) is 3.51. The molecular formula is C20H26F2N4O. The first-order chi connectivity index (χ1) is 13.0. The van der Waals surface area contributed by atoms with Crippen LogP contribution in [0.15, 0.2) is 30.5 Å². The van der Waals surface area contributed by atoms with Crippen molar-refractivity contribution in [2.24, 2.45) is 5.92 Å². The Morgan fingerprint density at radius 1 is 1.33 bits per heavy atom. The van der Waals surface area contributed by atoms with Gasteiger partial charge in [-0.15, -0.1) is 0 Å². The molecule has 2 aromatic rings. The van der Waals surface area contributed by atoms with Crippen LogP contribution in [-0.2, 0) is 11.3 Å². The molecule has 1 N–H and O–H groups in total. The number of hydrogen-bond acceptors (Lipinski definition) is 3. The van der Waals surface area contributed by atoms with E-state index < -0.39 is 11.6 Å². The number of rotatable bonds is 7. The quantitative estimate of drug-likeness (QED) is 0.807. The molecule has 2 heterocycles. The number of piperidine rings is 1. The van der Waals surface area contributed by atoms with Gasteiger partial charge in [-0.1, -0.05) is 6.92 Å². The smallest absolute Gasteiger partial charge is 0.219 e. The minimum atomic E-state index is -0.634. The van der Waals surface area contributed by atoms with E-state index >= 15 is 0 Å². The summed E-state index contributed by atoms with van der Waals surface area (Å²) in [5.74, 6) is -0.676. The monoisotopic (exact) mass is 376 g/mol. The van der Waals surface area contributed by atoms with Crippen LogP contribution in [0.1, 0.15) is 38.3 Å². The van der Waals surface area contributed by atoms with Gasteiger partial charge in [-0.05, 0) is 49.9 Å². The van der Waals surface area contributed by atoms with Gasteiger partial charge < -0.3 is 5.32 Å². The van der Waals surface area contributed by atoms with E-state index in [0.717, 1.165) is 44.1 Å². The first kappa shape index (κ1) is 19.5. The highest BCUT2D eigenvalue weighted by molar-refractivity contribution is 5.75. The van der Waals surface area contributed by atoms with Crippen LogP contribution in [0.2, 0.25) is 0 Å². The summed E-state index contributed by atoms with van der Waals surface area (Å²) in [4.78, 5) is 14.0. The van der Waals surface area contributed by atoms with Crippen LogP contribution in [0.3, 0.4) is 0 Å². The number of hydrogen-bond donors (Lipinski definition) is 1. The molecule has 146 valence electrons. The molecule has 0 aliphatic carbocycles. The Morgan fingerprint density at radius 2 is 2.19 bits per heavy atom. The molecule has 1 amide bonds. The van der Waals surface area contributed by atoms with Crippen molar-refractivity contribution in [3.05, 3.63) is 47.8 Å². The number of carbonyl (C=O) groups is 1.